The number of carbonyl (C=O) groups excluding carboxylic acids is 2. The molecule has 2 saturated heterocycles. The zero-order valence-corrected chi connectivity index (χ0v) is 15.0. The Labute approximate surface area is 156 Å². The van der Waals surface area contributed by atoms with Crippen molar-refractivity contribution >= 4 is 35.1 Å². The molecule has 1 aromatic carbocycles. The average Bonchev–Trinajstić information content (AvgIpc) is 3.13. The van der Waals surface area contributed by atoms with E-state index in [2.05, 4.69) is 5.32 Å². The first-order valence-electron chi connectivity index (χ1n) is 8.73. The summed E-state index contributed by atoms with van der Waals surface area (Å²) in [5.74, 6) is -1.69. The van der Waals surface area contributed by atoms with Gasteiger partial charge in [-0.15, -0.1) is 0 Å². The van der Waals surface area contributed by atoms with Gasteiger partial charge in [0.15, 0.2) is 6.10 Å². The second-order valence-corrected chi connectivity index (χ2v) is 7.00. The molecule has 2 N–H and O–H groups in total. The molecule has 1 aromatic rings. The number of carbonyl (C=O) groups is 3. The minimum Gasteiger partial charge on any atom is -0.479 e. The Bertz CT molecular complexity index is 718. The third-order valence-corrected chi connectivity index (χ3v) is 4.94. The molecule has 0 unspecified atom stereocenters. The van der Waals surface area contributed by atoms with E-state index in [1.807, 2.05) is 0 Å². The van der Waals surface area contributed by atoms with Crippen molar-refractivity contribution in [3.8, 4) is 0 Å². The smallest absolute Gasteiger partial charge is 0.332 e. The summed E-state index contributed by atoms with van der Waals surface area (Å²) in [6, 6.07) is 4.74. The lowest BCUT2D eigenvalue weighted by molar-refractivity contribution is -0.150. The molecule has 2 aliphatic heterocycles. The highest BCUT2D eigenvalue weighted by Gasteiger charge is 2.35. The van der Waals surface area contributed by atoms with Gasteiger partial charge in [-0.1, -0.05) is 11.6 Å². The Morgan fingerprint density at radius 2 is 1.81 bits per heavy atom. The summed E-state index contributed by atoms with van der Waals surface area (Å²) in [5, 5.41) is 12.1. The molecule has 2 heterocycles. The van der Waals surface area contributed by atoms with Crippen LogP contribution in [0.3, 0.4) is 0 Å². The monoisotopic (exact) mass is 380 g/mol. The maximum Gasteiger partial charge on any atom is 0.332 e. The Balaban J connectivity index is 1.74. The SMILES string of the molecule is O=C(Nc1cc(Cl)ccc1C(=O)N1CCCCC1)[C@@H]1CC[C@H](C(=O)O)O1. The second kappa shape index (κ2) is 8.05. The van der Waals surface area contributed by atoms with Crippen LogP contribution >= 0.6 is 11.6 Å². The first kappa shape index (κ1) is 18.7. The van der Waals surface area contributed by atoms with Crippen LogP contribution in [0.1, 0.15) is 42.5 Å². The number of nitrogens with zero attached hydrogens (tertiary/aromatic N) is 1. The predicted octanol–water partition coefficient (Wildman–Crippen LogP) is 2.54. The molecule has 0 radical (unpaired) electrons. The van der Waals surface area contributed by atoms with E-state index in [-0.39, 0.29) is 12.3 Å². The lowest BCUT2D eigenvalue weighted by Gasteiger charge is -2.27. The van der Waals surface area contributed by atoms with Crippen LogP contribution in [0.2, 0.25) is 5.02 Å². The van der Waals surface area contributed by atoms with E-state index < -0.39 is 24.1 Å². The topological polar surface area (TPSA) is 95.9 Å². The third-order valence-electron chi connectivity index (χ3n) is 4.70. The van der Waals surface area contributed by atoms with Crippen molar-refractivity contribution in [2.45, 2.75) is 44.3 Å². The minimum atomic E-state index is -1.08. The number of piperidine rings is 1. The lowest BCUT2D eigenvalue weighted by Crippen LogP contribution is -2.36. The van der Waals surface area contributed by atoms with Gasteiger partial charge in [0.1, 0.15) is 6.10 Å². The highest BCUT2D eigenvalue weighted by atomic mass is 35.5. The Hall–Kier alpha value is -2.12. The van der Waals surface area contributed by atoms with Gasteiger partial charge in [-0.05, 0) is 50.3 Å². The van der Waals surface area contributed by atoms with E-state index in [0.29, 0.717) is 35.8 Å². The van der Waals surface area contributed by atoms with Crippen LogP contribution in [0.4, 0.5) is 5.69 Å². The van der Waals surface area contributed by atoms with Crippen molar-refractivity contribution in [1.82, 2.24) is 4.90 Å². The van der Waals surface area contributed by atoms with Crippen LogP contribution in [0, 0.1) is 0 Å². The molecular formula is C18H21ClN2O5. The van der Waals surface area contributed by atoms with E-state index in [4.69, 9.17) is 21.4 Å². The molecule has 26 heavy (non-hydrogen) atoms. The number of benzene rings is 1. The van der Waals surface area contributed by atoms with E-state index in [1.165, 1.54) is 6.07 Å². The number of carboxylic acid groups (broad SMARTS) is 1. The van der Waals surface area contributed by atoms with E-state index in [0.717, 1.165) is 19.3 Å². The maximum atomic E-state index is 12.8. The number of amides is 2. The summed E-state index contributed by atoms with van der Waals surface area (Å²) in [7, 11) is 0. The first-order valence-corrected chi connectivity index (χ1v) is 9.11. The average molecular weight is 381 g/mol. The number of carboxylic acids is 1. The van der Waals surface area contributed by atoms with Crippen LogP contribution in [0.5, 0.6) is 0 Å². The number of halogens is 1. The molecule has 8 heteroatoms. The summed E-state index contributed by atoms with van der Waals surface area (Å²) >= 11 is 6.03. The molecule has 140 valence electrons. The van der Waals surface area contributed by atoms with Gasteiger partial charge >= 0.3 is 5.97 Å². The molecule has 2 fully saturated rings. The number of anilines is 1. The summed E-state index contributed by atoms with van der Waals surface area (Å²) in [5.41, 5.74) is 0.692. The summed E-state index contributed by atoms with van der Waals surface area (Å²) in [6.45, 7) is 1.39. The van der Waals surface area contributed by atoms with Crippen LogP contribution in [0.25, 0.3) is 0 Å². The number of ether oxygens (including phenoxy) is 1. The standard InChI is InChI=1S/C18H21ClN2O5/c19-11-4-5-12(17(23)21-8-2-1-3-9-21)13(10-11)20-16(22)14-6-7-15(26-14)18(24)25/h4-5,10,14-15H,1-3,6-9H2,(H,20,22)(H,24,25)/t14-,15+/m0/s1. The fourth-order valence-electron chi connectivity index (χ4n) is 3.30. The van der Waals surface area contributed by atoms with E-state index in [1.54, 1.807) is 17.0 Å². The van der Waals surface area contributed by atoms with Crippen LogP contribution in [0.15, 0.2) is 18.2 Å². The van der Waals surface area contributed by atoms with Crippen molar-refractivity contribution < 1.29 is 24.2 Å². The highest BCUT2D eigenvalue weighted by molar-refractivity contribution is 6.31. The lowest BCUT2D eigenvalue weighted by atomic mass is 10.1. The van der Waals surface area contributed by atoms with Crippen LogP contribution in [-0.4, -0.2) is 53.1 Å². The number of aliphatic carboxylic acids is 1. The van der Waals surface area contributed by atoms with Crippen LogP contribution in [-0.2, 0) is 14.3 Å². The van der Waals surface area contributed by atoms with Crippen molar-refractivity contribution in [2.75, 3.05) is 18.4 Å². The van der Waals surface area contributed by atoms with E-state index in [9.17, 15) is 14.4 Å². The van der Waals surface area contributed by atoms with E-state index >= 15 is 0 Å². The molecule has 0 bridgehead atoms. The number of hydrogen-bond acceptors (Lipinski definition) is 4. The summed E-state index contributed by atoms with van der Waals surface area (Å²) < 4.78 is 5.26. The van der Waals surface area contributed by atoms with Gasteiger partial charge < -0.3 is 20.1 Å². The van der Waals surface area contributed by atoms with Gasteiger partial charge in [0.05, 0.1) is 11.3 Å². The van der Waals surface area contributed by atoms with Gasteiger partial charge in [0.25, 0.3) is 11.8 Å². The quantitative estimate of drug-likeness (QED) is 0.836. The molecule has 0 aromatic heterocycles. The first-order chi connectivity index (χ1) is 12.5. The molecule has 2 aliphatic rings. The zero-order valence-electron chi connectivity index (χ0n) is 14.2. The molecule has 0 aliphatic carbocycles. The predicted molar refractivity (Wildman–Crippen MR) is 95.4 cm³/mol. The van der Waals surface area contributed by atoms with Gasteiger partial charge in [-0.25, -0.2) is 4.79 Å². The number of rotatable bonds is 4. The molecule has 3 rings (SSSR count). The highest BCUT2D eigenvalue weighted by Crippen LogP contribution is 2.26. The maximum absolute atomic E-state index is 12.8. The Morgan fingerprint density at radius 1 is 1.12 bits per heavy atom. The third kappa shape index (κ3) is 4.16. The normalized spacial score (nSPS) is 22.9. The summed E-state index contributed by atoms with van der Waals surface area (Å²) in [6.07, 6.45) is 1.81. The fraction of sp³-hybridized carbons (Fsp3) is 0.500. The molecular weight excluding hydrogens is 360 g/mol. The fourth-order valence-corrected chi connectivity index (χ4v) is 3.47. The minimum absolute atomic E-state index is 0.146. The van der Waals surface area contributed by atoms with Crippen LogP contribution < -0.4 is 5.32 Å². The summed E-state index contributed by atoms with van der Waals surface area (Å²) in [4.78, 5) is 38.0. The number of likely N-dealkylation sites (tertiary alicyclic amines) is 1. The van der Waals surface area contributed by atoms with Gasteiger partial charge in [-0.3, -0.25) is 9.59 Å². The number of nitrogens with one attached hydrogen (secondary N) is 1. The molecule has 0 saturated carbocycles. The largest absolute Gasteiger partial charge is 0.479 e. The second-order valence-electron chi connectivity index (χ2n) is 6.56. The van der Waals surface area contributed by atoms with Crippen molar-refractivity contribution in [2.24, 2.45) is 0 Å². The molecule has 2 amide bonds. The Morgan fingerprint density at radius 3 is 2.46 bits per heavy atom. The van der Waals surface area contributed by atoms with Crippen molar-refractivity contribution in [1.29, 1.82) is 0 Å². The Kier molecular flexibility index (Phi) is 5.78. The molecule has 7 nitrogen and oxygen atoms in total. The van der Waals surface area contributed by atoms with Crippen molar-refractivity contribution in [3.05, 3.63) is 28.8 Å². The number of hydrogen-bond donors (Lipinski definition) is 2. The van der Waals surface area contributed by atoms with Gasteiger partial charge in [0.2, 0.25) is 0 Å². The zero-order chi connectivity index (χ0) is 18.7. The molecule has 2 atom stereocenters. The van der Waals surface area contributed by atoms with Gasteiger partial charge in [-0.2, -0.15) is 0 Å². The van der Waals surface area contributed by atoms with Gasteiger partial charge in [0, 0.05) is 18.1 Å². The molecule has 0 spiro atoms. The van der Waals surface area contributed by atoms with Crippen molar-refractivity contribution in [3.63, 3.8) is 0 Å².